The predicted octanol–water partition coefficient (Wildman–Crippen LogP) is 5.62. The van der Waals surface area contributed by atoms with E-state index in [9.17, 15) is 19.5 Å². The van der Waals surface area contributed by atoms with E-state index in [0.717, 1.165) is 5.56 Å². The summed E-state index contributed by atoms with van der Waals surface area (Å²) in [6.45, 7) is 0. The van der Waals surface area contributed by atoms with Crippen molar-refractivity contribution >= 4 is 35.6 Å². The van der Waals surface area contributed by atoms with Gasteiger partial charge in [-0.25, -0.2) is 4.79 Å². The molecular formula is C33H27N3O5S. The highest BCUT2D eigenvalue weighted by molar-refractivity contribution is 7.98. The number of rotatable bonds is 12. The number of carbonyl (C=O) groups excluding carboxylic acids is 2. The van der Waals surface area contributed by atoms with Gasteiger partial charge in [0.1, 0.15) is 23.2 Å². The highest BCUT2D eigenvalue weighted by Gasteiger charge is 2.23. The zero-order valence-electron chi connectivity index (χ0n) is 22.4. The van der Waals surface area contributed by atoms with E-state index >= 15 is 0 Å². The van der Waals surface area contributed by atoms with Gasteiger partial charge in [-0.3, -0.25) is 9.59 Å². The van der Waals surface area contributed by atoms with E-state index in [1.54, 1.807) is 24.3 Å². The number of hydrogen-bond donors (Lipinski definition) is 3. The van der Waals surface area contributed by atoms with Crippen LogP contribution >= 0.6 is 11.8 Å². The zero-order chi connectivity index (χ0) is 29.7. The van der Waals surface area contributed by atoms with E-state index in [4.69, 9.17) is 10.00 Å². The van der Waals surface area contributed by atoms with Crippen molar-refractivity contribution in [2.75, 3.05) is 5.75 Å². The monoisotopic (exact) mass is 577 g/mol. The number of carboxylic acid groups (broad SMARTS) is 1. The average molecular weight is 578 g/mol. The molecule has 4 aromatic rings. The lowest BCUT2D eigenvalue weighted by atomic mass is 10.1. The number of amides is 2. The van der Waals surface area contributed by atoms with E-state index in [2.05, 4.69) is 10.6 Å². The molecule has 0 bridgehead atoms. The molecule has 0 spiro atoms. The van der Waals surface area contributed by atoms with Crippen molar-refractivity contribution in [1.82, 2.24) is 10.6 Å². The molecule has 42 heavy (non-hydrogen) atoms. The minimum absolute atomic E-state index is 0.123. The largest absolute Gasteiger partial charge is 0.480 e. The summed E-state index contributed by atoms with van der Waals surface area (Å²) >= 11 is 1.37. The number of thioether (sulfide) groups is 1. The molecule has 0 saturated heterocycles. The van der Waals surface area contributed by atoms with Gasteiger partial charge in [-0.15, -0.1) is 0 Å². The van der Waals surface area contributed by atoms with Crippen molar-refractivity contribution in [1.29, 1.82) is 5.26 Å². The third kappa shape index (κ3) is 8.84. The van der Waals surface area contributed by atoms with Crippen LogP contribution in [0.2, 0.25) is 0 Å². The van der Waals surface area contributed by atoms with Crippen LogP contribution in [-0.4, -0.2) is 34.7 Å². The number of nitriles is 1. The molecule has 4 aromatic carbocycles. The molecule has 0 saturated carbocycles. The molecule has 1 unspecified atom stereocenters. The number of carboxylic acids is 1. The van der Waals surface area contributed by atoms with Crippen LogP contribution in [0.1, 0.15) is 27.0 Å². The minimum Gasteiger partial charge on any atom is -0.480 e. The average Bonchev–Trinajstić information content (AvgIpc) is 3.02. The van der Waals surface area contributed by atoms with Crippen molar-refractivity contribution in [2.45, 2.75) is 11.8 Å². The second-order valence-electron chi connectivity index (χ2n) is 9.05. The van der Waals surface area contributed by atoms with Crippen molar-refractivity contribution in [2.24, 2.45) is 0 Å². The number of benzene rings is 4. The van der Waals surface area contributed by atoms with Gasteiger partial charge in [-0.05, 0) is 65.7 Å². The summed E-state index contributed by atoms with van der Waals surface area (Å²) in [5.74, 6) is -0.588. The standard InChI is InChI=1S/C33H27N3O5S/c34-20-24-11-15-26(16-12-24)31(37)35-29(19-23-13-17-28(18-14-23)41-27-9-5-2-6-10-27)32(38)36-30(33(39)40)22-42-21-25-7-3-1-4-8-25/h1-19,30H,21-22H2,(H,35,37)(H,36,38)(H,39,40). The van der Waals surface area contributed by atoms with E-state index in [-0.39, 0.29) is 17.0 Å². The minimum atomic E-state index is -1.19. The van der Waals surface area contributed by atoms with Gasteiger partial charge in [-0.1, -0.05) is 60.7 Å². The molecule has 4 rings (SSSR count). The van der Waals surface area contributed by atoms with Crippen LogP contribution in [-0.2, 0) is 15.3 Å². The first-order valence-corrected chi connectivity index (χ1v) is 14.1. The van der Waals surface area contributed by atoms with Gasteiger partial charge in [0.05, 0.1) is 11.6 Å². The number of nitrogens with zero attached hydrogens (tertiary/aromatic N) is 1. The molecule has 0 aliphatic rings. The fraction of sp³-hybridized carbons (Fsp3) is 0.0909. The Hall–Kier alpha value is -5.33. The van der Waals surface area contributed by atoms with E-state index in [1.807, 2.05) is 66.7 Å². The Balaban J connectivity index is 1.51. The molecule has 0 fully saturated rings. The lowest BCUT2D eigenvalue weighted by molar-refractivity contribution is -0.140. The lowest BCUT2D eigenvalue weighted by Crippen LogP contribution is -2.45. The zero-order valence-corrected chi connectivity index (χ0v) is 23.2. The molecule has 0 heterocycles. The van der Waals surface area contributed by atoms with E-state index in [0.29, 0.717) is 28.4 Å². The van der Waals surface area contributed by atoms with Gasteiger partial charge in [-0.2, -0.15) is 17.0 Å². The molecule has 3 N–H and O–H groups in total. The van der Waals surface area contributed by atoms with Crippen molar-refractivity contribution in [3.05, 3.63) is 137 Å². The SMILES string of the molecule is N#Cc1ccc(C(=O)NC(=Cc2ccc(Oc3ccccc3)cc2)C(=O)NC(CSCc2ccccc2)C(=O)O)cc1. The smallest absolute Gasteiger partial charge is 0.327 e. The van der Waals surface area contributed by atoms with Gasteiger partial charge >= 0.3 is 5.97 Å². The van der Waals surface area contributed by atoms with Crippen LogP contribution < -0.4 is 15.4 Å². The summed E-state index contributed by atoms with van der Waals surface area (Å²) in [7, 11) is 0. The molecule has 9 heteroatoms. The molecule has 2 amide bonds. The topological polar surface area (TPSA) is 129 Å². The summed E-state index contributed by atoms with van der Waals surface area (Å²) < 4.78 is 5.82. The maximum absolute atomic E-state index is 13.3. The Morgan fingerprint density at radius 1 is 0.857 bits per heavy atom. The van der Waals surface area contributed by atoms with Crippen LogP contribution in [0.5, 0.6) is 11.5 Å². The number of hydrogen-bond acceptors (Lipinski definition) is 6. The quantitative estimate of drug-likeness (QED) is 0.186. The summed E-state index contributed by atoms with van der Waals surface area (Å²) in [4.78, 5) is 38.3. The maximum Gasteiger partial charge on any atom is 0.327 e. The van der Waals surface area contributed by atoms with Crippen molar-refractivity contribution in [3.63, 3.8) is 0 Å². The molecule has 0 radical (unpaired) electrons. The highest BCUT2D eigenvalue weighted by Crippen LogP contribution is 2.22. The third-order valence-corrected chi connectivity index (χ3v) is 7.05. The molecule has 0 aromatic heterocycles. The number of para-hydroxylation sites is 1. The molecule has 8 nitrogen and oxygen atoms in total. The summed E-state index contributed by atoms with van der Waals surface area (Å²) in [6, 6.07) is 32.4. The Morgan fingerprint density at radius 2 is 1.48 bits per heavy atom. The number of nitrogens with one attached hydrogen (secondary N) is 2. The van der Waals surface area contributed by atoms with Crippen LogP contribution in [0, 0.1) is 11.3 Å². The van der Waals surface area contributed by atoms with E-state index < -0.39 is 23.8 Å². The van der Waals surface area contributed by atoms with Gasteiger partial charge in [0.2, 0.25) is 0 Å². The second kappa shape index (κ2) is 14.9. The lowest BCUT2D eigenvalue weighted by Gasteiger charge is -2.17. The molecule has 0 aliphatic heterocycles. The Bertz CT molecular complexity index is 1580. The Morgan fingerprint density at radius 3 is 2.10 bits per heavy atom. The summed E-state index contributed by atoms with van der Waals surface area (Å²) in [5.41, 5.74) is 2.09. The van der Waals surface area contributed by atoms with Gasteiger partial charge in [0.25, 0.3) is 11.8 Å². The van der Waals surface area contributed by atoms with Gasteiger partial charge < -0.3 is 20.5 Å². The van der Waals surface area contributed by atoms with Crippen molar-refractivity contribution < 1.29 is 24.2 Å². The van der Waals surface area contributed by atoms with Crippen LogP contribution in [0.3, 0.4) is 0 Å². The third-order valence-electron chi connectivity index (χ3n) is 5.94. The first kappa shape index (κ1) is 29.6. The molecule has 1 atom stereocenters. The van der Waals surface area contributed by atoms with E-state index in [1.165, 1.54) is 42.1 Å². The fourth-order valence-corrected chi connectivity index (χ4v) is 4.76. The highest BCUT2D eigenvalue weighted by atomic mass is 32.2. The Kier molecular flexibility index (Phi) is 10.5. The number of carbonyl (C=O) groups is 3. The summed E-state index contributed by atoms with van der Waals surface area (Å²) in [6.07, 6.45) is 1.46. The molecule has 210 valence electrons. The molecule has 0 aliphatic carbocycles. The normalized spacial score (nSPS) is 11.5. The molecular weight excluding hydrogens is 550 g/mol. The van der Waals surface area contributed by atoms with Crippen molar-refractivity contribution in [3.8, 4) is 17.6 Å². The maximum atomic E-state index is 13.3. The summed E-state index contributed by atoms with van der Waals surface area (Å²) in [5, 5.41) is 23.9. The van der Waals surface area contributed by atoms with Crippen LogP contribution in [0.15, 0.2) is 115 Å². The van der Waals surface area contributed by atoms with Crippen LogP contribution in [0.4, 0.5) is 0 Å². The second-order valence-corrected chi connectivity index (χ2v) is 10.1. The number of aliphatic carboxylic acids is 1. The predicted molar refractivity (Wildman–Crippen MR) is 162 cm³/mol. The van der Waals surface area contributed by atoms with Gasteiger partial charge in [0.15, 0.2) is 0 Å². The Labute approximate surface area is 247 Å². The number of ether oxygens (including phenoxy) is 1. The first-order valence-electron chi connectivity index (χ1n) is 12.9. The first-order chi connectivity index (χ1) is 20.4. The van der Waals surface area contributed by atoms with Crippen LogP contribution in [0.25, 0.3) is 6.08 Å². The van der Waals surface area contributed by atoms with Gasteiger partial charge in [0, 0.05) is 17.1 Å². The fourth-order valence-electron chi connectivity index (χ4n) is 3.75.